The maximum absolute atomic E-state index is 12.5. The molecule has 0 saturated carbocycles. The van der Waals surface area contributed by atoms with Gasteiger partial charge in [-0.1, -0.05) is 30.3 Å². The topological polar surface area (TPSA) is 93.2 Å². The van der Waals surface area contributed by atoms with Gasteiger partial charge in [0.1, 0.15) is 10.1 Å². The molecule has 184 valence electrons. The number of hydrogen-bond donors (Lipinski definition) is 1. The van der Waals surface area contributed by atoms with Crippen molar-refractivity contribution in [1.82, 2.24) is 24.2 Å². The van der Waals surface area contributed by atoms with Crippen LogP contribution in [0.2, 0.25) is 0 Å². The average molecular weight is 544 g/mol. The van der Waals surface area contributed by atoms with E-state index in [-0.39, 0.29) is 23.5 Å². The van der Waals surface area contributed by atoms with Gasteiger partial charge in [0.15, 0.2) is 5.52 Å². The molecule has 4 rings (SSSR count). The van der Waals surface area contributed by atoms with Crippen LogP contribution < -0.4 is 5.56 Å². The largest absolute Gasteiger partial charge is 0.393 e. The molecular weight excluding hydrogens is 519 g/mol. The van der Waals surface area contributed by atoms with Crippen molar-refractivity contribution in [2.45, 2.75) is 44.5 Å². The van der Waals surface area contributed by atoms with E-state index < -0.39 is 18.2 Å². The van der Waals surface area contributed by atoms with E-state index in [1.807, 2.05) is 0 Å². The van der Waals surface area contributed by atoms with Crippen LogP contribution in [0.3, 0.4) is 0 Å². The summed E-state index contributed by atoms with van der Waals surface area (Å²) in [5.74, 6) is 0.00522. The van der Waals surface area contributed by atoms with E-state index in [0.717, 1.165) is 0 Å². The molecule has 0 radical (unpaired) electrons. The Balaban J connectivity index is 0.000000248. The Morgan fingerprint density at radius 1 is 1.18 bits per heavy atom. The number of carbonyl (C=O) groups excluding carboxylic acids is 1. The lowest BCUT2D eigenvalue weighted by Crippen LogP contribution is -2.49. The fourth-order valence-corrected chi connectivity index (χ4v) is 4.09. The van der Waals surface area contributed by atoms with Gasteiger partial charge in [-0.2, -0.15) is 18.3 Å². The average Bonchev–Trinajstić information content (AvgIpc) is 3.05. The maximum atomic E-state index is 12.5. The van der Waals surface area contributed by atoms with Crippen LogP contribution in [0.4, 0.5) is 13.2 Å². The van der Waals surface area contributed by atoms with E-state index in [0.29, 0.717) is 41.6 Å². The number of nitrogens with zero attached hydrogens (tertiary/aromatic N) is 5. The normalized spacial score (nSPS) is 15.7. The Morgan fingerprint density at radius 2 is 1.79 bits per heavy atom. The van der Waals surface area contributed by atoms with Crippen LogP contribution in [-0.2, 0) is 24.8 Å². The number of aliphatic hydroxyl groups is 1. The summed E-state index contributed by atoms with van der Waals surface area (Å²) < 4.78 is 38.8. The highest BCUT2D eigenvalue weighted by molar-refractivity contribution is 9.10. The number of benzene rings is 1. The molecule has 0 unspecified atom stereocenters. The first-order valence-electron chi connectivity index (χ1n) is 10.5. The summed E-state index contributed by atoms with van der Waals surface area (Å²) in [7, 11) is 1.72. The first-order chi connectivity index (χ1) is 15.9. The molecule has 1 aliphatic heterocycles. The molecular formula is C22H25BrF3N5O3. The Morgan fingerprint density at radius 3 is 2.35 bits per heavy atom. The first-order valence-corrected chi connectivity index (χ1v) is 11.3. The van der Waals surface area contributed by atoms with Crippen LogP contribution in [0.1, 0.15) is 25.3 Å². The Kier molecular flexibility index (Phi) is 7.81. The quantitative estimate of drug-likeness (QED) is 0.548. The highest BCUT2D eigenvalue weighted by Gasteiger charge is 2.34. The molecule has 2 aromatic heterocycles. The summed E-state index contributed by atoms with van der Waals surface area (Å²) in [5, 5.41) is 14.9. The minimum Gasteiger partial charge on any atom is -0.388 e. The first kappa shape index (κ1) is 25.9. The summed E-state index contributed by atoms with van der Waals surface area (Å²) in [6, 6.07) is 7.82. The number of rotatable bonds is 3. The molecule has 1 aromatic carbocycles. The number of amides is 1. The van der Waals surface area contributed by atoms with E-state index in [9.17, 15) is 27.9 Å². The van der Waals surface area contributed by atoms with Gasteiger partial charge in [0.2, 0.25) is 5.91 Å². The molecule has 1 N–H and O–H groups in total. The molecule has 0 aliphatic carbocycles. The van der Waals surface area contributed by atoms with Gasteiger partial charge in [-0.15, -0.1) is 0 Å². The van der Waals surface area contributed by atoms with Crippen molar-refractivity contribution in [3.8, 4) is 0 Å². The predicted octanol–water partition coefficient (Wildman–Crippen LogP) is 3.06. The SMILES string of the molecule is CC(=O)N1CCC(O)(Cn2cnc3c(Br)n(C)nc3c2=O)CC1.FC(F)(F)Cc1ccccc1. The molecule has 0 atom stereocenters. The van der Waals surface area contributed by atoms with Crippen molar-refractivity contribution in [2.75, 3.05) is 13.1 Å². The number of alkyl halides is 3. The second kappa shape index (κ2) is 10.3. The van der Waals surface area contributed by atoms with Gasteiger partial charge in [0, 0.05) is 27.1 Å². The number of aromatic nitrogens is 4. The molecule has 3 heterocycles. The zero-order valence-corrected chi connectivity index (χ0v) is 20.3. The van der Waals surface area contributed by atoms with Gasteiger partial charge >= 0.3 is 6.18 Å². The van der Waals surface area contributed by atoms with Gasteiger partial charge in [0.25, 0.3) is 5.56 Å². The Labute approximate surface area is 202 Å². The lowest BCUT2D eigenvalue weighted by atomic mass is 9.91. The van der Waals surface area contributed by atoms with Crippen molar-refractivity contribution in [3.63, 3.8) is 0 Å². The van der Waals surface area contributed by atoms with Crippen LogP contribution in [0.25, 0.3) is 11.0 Å². The van der Waals surface area contributed by atoms with Crippen LogP contribution in [0.5, 0.6) is 0 Å². The number of piperidine rings is 1. The van der Waals surface area contributed by atoms with Crippen molar-refractivity contribution < 1.29 is 23.1 Å². The number of hydrogen-bond acceptors (Lipinski definition) is 5. The third kappa shape index (κ3) is 6.44. The Bertz CT molecular complexity index is 1200. The van der Waals surface area contributed by atoms with Crippen LogP contribution in [0, 0.1) is 0 Å². The molecule has 1 fully saturated rings. The van der Waals surface area contributed by atoms with E-state index >= 15 is 0 Å². The molecule has 0 bridgehead atoms. The lowest BCUT2D eigenvalue weighted by Gasteiger charge is -2.37. The van der Waals surface area contributed by atoms with Gasteiger partial charge in [-0.25, -0.2) is 4.98 Å². The number of likely N-dealkylation sites (tertiary alicyclic amines) is 1. The zero-order valence-electron chi connectivity index (χ0n) is 18.7. The van der Waals surface area contributed by atoms with Gasteiger partial charge in [0.05, 0.1) is 24.9 Å². The van der Waals surface area contributed by atoms with Gasteiger partial charge in [-0.3, -0.25) is 18.8 Å². The molecule has 1 aliphatic rings. The summed E-state index contributed by atoms with van der Waals surface area (Å²) in [5.41, 5.74) is -0.213. The second-order valence-electron chi connectivity index (χ2n) is 8.30. The third-order valence-electron chi connectivity index (χ3n) is 5.60. The van der Waals surface area contributed by atoms with Crippen molar-refractivity contribution in [2.24, 2.45) is 7.05 Å². The van der Waals surface area contributed by atoms with Crippen molar-refractivity contribution >= 4 is 32.9 Å². The van der Waals surface area contributed by atoms with E-state index in [1.165, 1.54) is 30.0 Å². The predicted molar refractivity (Wildman–Crippen MR) is 123 cm³/mol. The summed E-state index contributed by atoms with van der Waals surface area (Å²) in [6.07, 6.45) is -2.63. The fraction of sp³-hybridized carbons (Fsp3) is 0.455. The summed E-state index contributed by atoms with van der Waals surface area (Å²) in [6.45, 7) is 2.65. The van der Waals surface area contributed by atoms with Crippen molar-refractivity contribution in [3.05, 3.63) is 57.2 Å². The molecule has 3 aromatic rings. The minimum absolute atomic E-state index is 0.00522. The number of aryl methyl sites for hydroxylation is 1. The number of fused-ring (bicyclic) bond motifs is 1. The van der Waals surface area contributed by atoms with Crippen LogP contribution in [-0.4, -0.2) is 60.1 Å². The van der Waals surface area contributed by atoms with Gasteiger partial charge in [-0.05, 0) is 34.3 Å². The maximum Gasteiger partial charge on any atom is 0.393 e. The third-order valence-corrected chi connectivity index (χ3v) is 6.48. The molecule has 1 amide bonds. The fourth-order valence-electron chi connectivity index (χ4n) is 3.72. The molecule has 0 spiro atoms. The second-order valence-corrected chi connectivity index (χ2v) is 9.05. The number of carbonyl (C=O) groups is 1. The lowest BCUT2D eigenvalue weighted by molar-refractivity contribution is -0.133. The van der Waals surface area contributed by atoms with E-state index in [4.69, 9.17) is 0 Å². The van der Waals surface area contributed by atoms with E-state index in [2.05, 4.69) is 26.0 Å². The monoisotopic (exact) mass is 543 g/mol. The molecule has 8 nitrogen and oxygen atoms in total. The highest BCUT2D eigenvalue weighted by Crippen LogP contribution is 2.24. The standard InChI is InChI=1S/C14H18BrN5O3.C8H7F3/c1-9(21)19-5-3-14(23,4-6-19)7-20-8-16-10-11(13(20)22)17-18(2)12(10)15;9-8(10,11)6-7-4-2-1-3-5-7/h8,23H,3-7H2,1-2H3;1-5H,6H2. The van der Waals surface area contributed by atoms with Crippen LogP contribution >= 0.6 is 15.9 Å². The van der Waals surface area contributed by atoms with Gasteiger partial charge < -0.3 is 10.0 Å². The minimum atomic E-state index is -4.10. The zero-order chi connectivity index (χ0) is 25.1. The van der Waals surface area contributed by atoms with E-state index in [1.54, 1.807) is 34.8 Å². The molecule has 34 heavy (non-hydrogen) atoms. The highest BCUT2D eigenvalue weighted by atomic mass is 79.9. The number of halogens is 4. The van der Waals surface area contributed by atoms with Crippen molar-refractivity contribution in [1.29, 1.82) is 0 Å². The molecule has 12 heteroatoms. The summed E-state index contributed by atoms with van der Waals surface area (Å²) >= 11 is 3.34. The Hall–Kier alpha value is -2.73. The summed E-state index contributed by atoms with van der Waals surface area (Å²) in [4.78, 5) is 29.9. The van der Waals surface area contributed by atoms with Crippen LogP contribution in [0.15, 0.2) is 46.1 Å². The molecule has 1 saturated heterocycles. The smallest absolute Gasteiger partial charge is 0.388 e.